The number of hydrogen-bond donors (Lipinski definition) is 1. The molecule has 1 heterocycles. The third-order valence-electron chi connectivity index (χ3n) is 2.82. The van der Waals surface area contributed by atoms with Crippen molar-refractivity contribution in [2.24, 2.45) is 0 Å². The number of hydrogen-bond acceptors (Lipinski definition) is 5. The Labute approximate surface area is 131 Å². The Kier molecular flexibility index (Phi) is 4.41. The largest absolute Gasteiger partial charge is 0.484 e. The van der Waals surface area contributed by atoms with E-state index in [-0.39, 0.29) is 12.5 Å². The van der Waals surface area contributed by atoms with Crippen LogP contribution >= 0.6 is 11.5 Å². The zero-order valence-corrected chi connectivity index (χ0v) is 12.4. The highest BCUT2D eigenvalue weighted by Gasteiger charge is 2.09. The summed E-state index contributed by atoms with van der Waals surface area (Å²) < 4.78 is 9.61. The van der Waals surface area contributed by atoms with Crippen molar-refractivity contribution < 1.29 is 9.53 Å². The van der Waals surface area contributed by atoms with Gasteiger partial charge in [0.05, 0.1) is 0 Å². The average molecular weight is 311 g/mol. The summed E-state index contributed by atoms with van der Waals surface area (Å²) in [7, 11) is 0. The van der Waals surface area contributed by atoms with E-state index in [1.807, 2.05) is 48.5 Å². The number of nitrogens with zero attached hydrogens (tertiary/aromatic N) is 2. The Hall–Kier alpha value is -2.73. The molecule has 6 heteroatoms. The molecule has 0 saturated carbocycles. The summed E-state index contributed by atoms with van der Waals surface area (Å²) in [4.78, 5) is 16.1. The number of anilines is 1. The molecule has 0 bridgehead atoms. The van der Waals surface area contributed by atoms with Gasteiger partial charge in [0, 0.05) is 17.1 Å². The van der Waals surface area contributed by atoms with E-state index in [9.17, 15) is 4.79 Å². The summed E-state index contributed by atoms with van der Waals surface area (Å²) in [6, 6.07) is 18.8. The fraction of sp³-hybridized carbons (Fsp3) is 0.0625. The van der Waals surface area contributed by atoms with E-state index in [0.717, 1.165) is 17.1 Å². The smallest absolute Gasteiger partial charge is 0.264 e. The lowest BCUT2D eigenvalue weighted by Crippen LogP contribution is -2.19. The number of ether oxygens (including phenoxy) is 1. The van der Waals surface area contributed by atoms with E-state index in [1.54, 1.807) is 12.1 Å². The molecule has 1 aromatic heterocycles. The van der Waals surface area contributed by atoms with E-state index in [4.69, 9.17) is 4.74 Å². The minimum Gasteiger partial charge on any atom is -0.484 e. The van der Waals surface area contributed by atoms with Gasteiger partial charge in [-0.2, -0.15) is 9.36 Å². The van der Waals surface area contributed by atoms with Crippen molar-refractivity contribution in [1.29, 1.82) is 0 Å². The Morgan fingerprint density at radius 3 is 2.45 bits per heavy atom. The third kappa shape index (κ3) is 3.67. The molecule has 3 rings (SSSR count). The molecule has 0 unspecified atom stereocenters. The molecular formula is C16H13N3O2S. The maximum absolute atomic E-state index is 11.8. The van der Waals surface area contributed by atoms with Crippen molar-refractivity contribution in [3.63, 3.8) is 0 Å². The molecule has 3 aromatic rings. The van der Waals surface area contributed by atoms with Crippen molar-refractivity contribution >= 4 is 22.6 Å². The Bertz CT molecular complexity index is 744. The van der Waals surface area contributed by atoms with Crippen LogP contribution in [0.2, 0.25) is 0 Å². The maximum Gasteiger partial charge on any atom is 0.264 e. The number of para-hydroxylation sites is 1. The molecule has 0 fully saturated rings. The van der Waals surface area contributed by atoms with Crippen LogP contribution in [-0.2, 0) is 4.79 Å². The Balaban J connectivity index is 1.57. The minimum atomic E-state index is -0.264. The van der Waals surface area contributed by atoms with Crippen molar-refractivity contribution in [3.05, 3.63) is 60.7 Å². The van der Waals surface area contributed by atoms with Crippen LogP contribution in [0.4, 0.5) is 5.13 Å². The van der Waals surface area contributed by atoms with Crippen LogP contribution in [0.1, 0.15) is 0 Å². The van der Waals surface area contributed by atoms with Gasteiger partial charge < -0.3 is 4.74 Å². The highest BCUT2D eigenvalue weighted by molar-refractivity contribution is 7.10. The topological polar surface area (TPSA) is 64.1 Å². The van der Waals surface area contributed by atoms with Gasteiger partial charge in [0.2, 0.25) is 5.13 Å². The van der Waals surface area contributed by atoms with Gasteiger partial charge in [0.1, 0.15) is 5.75 Å². The van der Waals surface area contributed by atoms with Crippen molar-refractivity contribution in [1.82, 2.24) is 9.36 Å². The van der Waals surface area contributed by atoms with Crippen LogP contribution in [-0.4, -0.2) is 21.9 Å². The van der Waals surface area contributed by atoms with Crippen LogP contribution in [0.3, 0.4) is 0 Å². The van der Waals surface area contributed by atoms with Crippen LogP contribution in [0.15, 0.2) is 60.7 Å². The normalized spacial score (nSPS) is 10.2. The van der Waals surface area contributed by atoms with Gasteiger partial charge in [0.25, 0.3) is 5.91 Å². The number of aromatic nitrogens is 2. The molecular weight excluding hydrogens is 298 g/mol. The summed E-state index contributed by atoms with van der Waals surface area (Å²) in [6.45, 7) is -0.0652. The molecule has 0 aliphatic heterocycles. The number of rotatable bonds is 5. The molecule has 1 amide bonds. The van der Waals surface area contributed by atoms with E-state index < -0.39 is 0 Å². The molecule has 1 N–H and O–H groups in total. The number of carbonyl (C=O) groups is 1. The van der Waals surface area contributed by atoms with Crippen molar-refractivity contribution in [2.45, 2.75) is 0 Å². The summed E-state index contributed by atoms with van der Waals surface area (Å²) in [6.07, 6.45) is 0. The molecule has 0 saturated heterocycles. The lowest BCUT2D eigenvalue weighted by Gasteiger charge is -2.04. The molecule has 0 atom stereocenters. The average Bonchev–Trinajstić information content (AvgIpc) is 3.03. The minimum absolute atomic E-state index is 0.0652. The molecule has 0 aliphatic rings. The number of nitrogens with one attached hydrogen (secondary N) is 1. The number of amides is 1. The fourth-order valence-electron chi connectivity index (χ4n) is 1.80. The van der Waals surface area contributed by atoms with E-state index in [2.05, 4.69) is 14.7 Å². The van der Waals surface area contributed by atoms with Crippen LogP contribution < -0.4 is 10.1 Å². The summed E-state index contributed by atoms with van der Waals surface area (Å²) in [5, 5.41) is 3.14. The Morgan fingerprint density at radius 2 is 1.73 bits per heavy atom. The van der Waals surface area contributed by atoms with Gasteiger partial charge in [-0.05, 0) is 12.1 Å². The van der Waals surface area contributed by atoms with E-state index in [0.29, 0.717) is 16.7 Å². The van der Waals surface area contributed by atoms with Gasteiger partial charge in [-0.15, -0.1) is 0 Å². The third-order valence-corrected chi connectivity index (χ3v) is 3.45. The van der Waals surface area contributed by atoms with Gasteiger partial charge in [0.15, 0.2) is 12.4 Å². The predicted octanol–water partition coefficient (Wildman–Crippen LogP) is 3.22. The molecule has 5 nitrogen and oxygen atoms in total. The quantitative estimate of drug-likeness (QED) is 0.786. The van der Waals surface area contributed by atoms with Gasteiger partial charge >= 0.3 is 0 Å². The molecule has 0 radical (unpaired) electrons. The molecule has 0 aliphatic carbocycles. The molecule has 110 valence electrons. The fourth-order valence-corrected chi connectivity index (χ4v) is 2.41. The van der Waals surface area contributed by atoms with Gasteiger partial charge in [-0.3, -0.25) is 10.1 Å². The van der Waals surface area contributed by atoms with E-state index >= 15 is 0 Å². The van der Waals surface area contributed by atoms with Gasteiger partial charge in [-0.1, -0.05) is 48.5 Å². The first kappa shape index (κ1) is 14.2. The second-order valence-electron chi connectivity index (χ2n) is 4.44. The first-order valence-corrected chi connectivity index (χ1v) is 7.45. The van der Waals surface area contributed by atoms with Crippen LogP contribution in [0.5, 0.6) is 5.75 Å². The highest BCUT2D eigenvalue weighted by Crippen LogP contribution is 2.20. The molecule has 22 heavy (non-hydrogen) atoms. The predicted molar refractivity (Wildman–Crippen MR) is 85.9 cm³/mol. The first-order valence-electron chi connectivity index (χ1n) is 6.68. The Morgan fingerprint density at radius 1 is 1.05 bits per heavy atom. The molecule has 0 spiro atoms. The van der Waals surface area contributed by atoms with Crippen molar-refractivity contribution in [2.75, 3.05) is 11.9 Å². The summed E-state index contributed by atoms with van der Waals surface area (Å²) in [5.41, 5.74) is 0.916. The van der Waals surface area contributed by atoms with Crippen LogP contribution in [0.25, 0.3) is 11.4 Å². The first-order chi connectivity index (χ1) is 10.8. The van der Waals surface area contributed by atoms with Crippen molar-refractivity contribution in [3.8, 4) is 17.1 Å². The second kappa shape index (κ2) is 6.82. The SMILES string of the molecule is O=C(COc1ccccc1)Nc1nc(-c2ccccc2)ns1. The maximum atomic E-state index is 11.8. The molecule has 2 aromatic carbocycles. The highest BCUT2D eigenvalue weighted by atomic mass is 32.1. The van der Waals surface area contributed by atoms with Gasteiger partial charge in [-0.25, -0.2) is 0 Å². The summed E-state index contributed by atoms with van der Waals surface area (Å²) >= 11 is 1.15. The standard InChI is InChI=1S/C16H13N3O2S/c20-14(11-21-13-9-5-2-6-10-13)17-16-18-15(19-22-16)12-7-3-1-4-8-12/h1-10H,11H2,(H,17,18,19,20). The lowest BCUT2D eigenvalue weighted by molar-refractivity contribution is -0.118. The van der Waals surface area contributed by atoms with Crippen LogP contribution in [0, 0.1) is 0 Å². The number of carbonyl (C=O) groups excluding carboxylic acids is 1. The summed E-state index contributed by atoms with van der Waals surface area (Å²) in [5.74, 6) is 0.990. The lowest BCUT2D eigenvalue weighted by atomic mass is 10.2. The zero-order chi connectivity index (χ0) is 15.2. The monoisotopic (exact) mass is 311 g/mol. The zero-order valence-electron chi connectivity index (χ0n) is 11.6. The van der Waals surface area contributed by atoms with E-state index in [1.165, 1.54) is 0 Å². The second-order valence-corrected chi connectivity index (χ2v) is 5.19. The number of benzene rings is 2.